The molecule has 126 valence electrons. The molecule has 2 rings (SSSR count). The second kappa shape index (κ2) is 8.31. The second-order valence-electron chi connectivity index (χ2n) is 5.03. The van der Waals surface area contributed by atoms with Gasteiger partial charge in [-0.2, -0.15) is 0 Å². The predicted molar refractivity (Wildman–Crippen MR) is 88.1 cm³/mol. The smallest absolute Gasteiger partial charge is 0.276 e. The molecule has 0 aliphatic heterocycles. The highest BCUT2D eigenvalue weighted by Crippen LogP contribution is 2.19. The second-order valence-corrected chi connectivity index (χ2v) is 5.43. The van der Waals surface area contributed by atoms with Crippen LogP contribution in [0.1, 0.15) is 11.1 Å². The molecule has 5 nitrogen and oxygen atoms in total. The van der Waals surface area contributed by atoms with Crippen LogP contribution in [-0.4, -0.2) is 18.4 Å². The fraction of sp³-hybridized carbons (Fsp3) is 0.176. The van der Waals surface area contributed by atoms with Gasteiger partial charge in [-0.05, 0) is 30.7 Å². The van der Waals surface area contributed by atoms with E-state index < -0.39 is 17.6 Å². The fourth-order valence-corrected chi connectivity index (χ4v) is 2.17. The Hall–Kier alpha value is -2.60. The van der Waals surface area contributed by atoms with E-state index in [1.807, 2.05) is 19.1 Å². The Kier molecular flexibility index (Phi) is 6.14. The van der Waals surface area contributed by atoms with Crippen LogP contribution in [0.5, 0.6) is 5.75 Å². The van der Waals surface area contributed by atoms with E-state index in [2.05, 4.69) is 10.9 Å². The molecule has 0 atom stereocenters. The largest absolute Gasteiger partial charge is 0.483 e. The Balaban J connectivity index is 1.79. The number of aryl methyl sites for hydroxylation is 1. The zero-order valence-corrected chi connectivity index (χ0v) is 13.7. The first-order valence-electron chi connectivity index (χ1n) is 7.16. The van der Waals surface area contributed by atoms with E-state index in [-0.39, 0.29) is 23.6 Å². The first-order valence-corrected chi connectivity index (χ1v) is 7.54. The van der Waals surface area contributed by atoms with Gasteiger partial charge in [-0.1, -0.05) is 35.9 Å². The number of carbonyl (C=O) groups excluding carboxylic acids is 2. The van der Waals surface area contributed by atoms with Crippen LogP contribution in [0.4, 0.5) is 4.39 Å². The van der Waals surface area contributed by atoms with Gasteiger partial charge in [-0.15, -0.1) is 0 Å². The number of benzene rings is 2. The number of hydrogen-bond donors (Lipinski definition) is 2. The summed E-state index contributed by atoms with van der Waals surface area (Å²) in [6.45, 7) is 1.60. The van der Waals surface area contributed by atoms with Gasteiger partial charge in [0.25, 0.3) is 5.91 Å². The lowest BCUT2D eigenvalue weighted by Crippen LogP contribution is -2.44. The highest BCUT2D eigenvalue weighted by molar-refractivity contribution is 6.31. The molecular weight excluding hydrogens is 335 g/mol. The molecule has 7 heteroatoms. The van der Waals surface area contributed by atoms with Crippen LogP contribution in [0.2, 0.25) is 5.02 Å². The van der Waals surface area contributed by atoms with Crippen molar-refractivity contribution >= 4 is 23.4 Å². The van der Waals surface area contributed by atoms with Crippen molar-refractivity contribution in [3.8, 4) is 5.75 Å². The van der Waals surface area contributed by atoms with Crippen molar-refractivity contribution in [1.82, 2.24) is 10.9 Å². The standard InChI is InChI=1S/C17H16ClFN2O3/c1-11-5-2-3-8-15(11)24-10-17(23)21-20-16(22)9-12-13(18)6-4-7-14(12)19/h2-8H,9-10H2,1H3,(H,20,22)(H,21,23). The van der Waals surface area contributed by atoms with Gasteiger partial charge in [-0.3, -0.25) is 20.4 Å². The third-order valence-electron chi connectivity index (χ3n) is 3.19. The molecule has 0 aromatic heterocycles. The van der Waals surface area contributed by atoms with E-state index in [0.717, 1.165) is 5.56 Å². The number of amides is 2. The van der Waals surface area contributed by atoms with E-state index in [4.69, 9.17) is 16.3 Å². The SMILES string of the molecule is Cc1ccccc1OCC(=O)NNC(=O)Cc1c(F)cccc1Cl. The van der Waals surface area contributed by atoms with Crippen molar-refractivity contribution in [3.63, 3.8) is 0 Å². The van der Waals surface area contributed by atoms with Crippen molar-refractivity contribution in [1.29, 1.82) is 0 Å². The third-order valence-corrected chi connectivity index (χ3v) is 3.55. The topological polar surface area (TPSA) is 67.4 Å². The molecule has 24 heavy (non-hydrogen) atoms. The van der Waals surface area contributed by atoms with Gasteiger partial charge in [0.15, 0.2) is 6.61 Å². The van der Waals surface area contributed by atoms with E-state index in [1.54, 1.807) is 12.1 Å². The van der Waals surface area contributed by atoms with Crippen LogP contribution in [0.25, 0.3) is 0 Å². The number of rotatable bonds is 5. The zero-order chi connectivity index (χ0) is 17.5. The molecule has 0 unspecified atom stereocenters. The molecule has 2 amide bonds. The van der Waals surface area contributed by atoms with Crippen LogP contribution in [-0.2, 0) is 16.0 Å². The molecule has 0 bridgehead atoms. The number of ether oxygens (including phenoxy) is 1. The average Bonchev–Trinajstić information content (AvgIpc) is 2.56. The lowest BCUT2D eigenvalue weighted by molar-refractivity contribution is -0.129. The average molecular weight is 351 g/mol. The number of hydrazine groups is 1. The van der Waals surface area contributed by atoms with Crippen molar-refractivity contribution in [2.24, 2.45) is 0 Å². The maximum Gasteiger partial charge on any atom is 0.276 e. The van der Waals surface area contributed by atoms with Crippen molar-refractivity contribution < 1.29 is 18.7 Å². The van der Waals surface area contributed by atoms with E-state index in [9.17, 15) is 14.0 Å². The molecule has 2 aromatic rings. The third kappa shape index (κ3) is 4.96. The Morgan fingerprint density at radius 3 is 2.50 bits per heavy atom. The van der Waals surface area contributed by atoms with Gasteiger partial charge in [0.2, 0.25) is 5.91 Å². The number of nitrogens with one attached hydrogen (secondary N) is 2. The molecule has 0 spiro atoms. The summed E-state index contributed by atoms with van der Waals surface area (Å²) in [5.41, 5.74) is 5.36. The molecule has 0 saturated carbocycles. The Labute approximate surface area is 143 Å². The summed E-state index contributed by atoms with van der Waals surface area (Å²) in [5.74, 6) is -1.12. The fourth-order valence-electron chi connectivity index (χ4n) is 1.94. The van der Waals surface area contributed by atoms with Gasteiger partial charge in [0, 0.05) is 10.6 Å². The first-order chi connectivity index (χ1) is 11.5. The number of para-hydroxylation sites is 1. The summed E-state index contributed by atoms with van der Waals surface area (Å²) in [4.78, 5) is 23.4. The lowest BCUT2D eigenvalue weighted by atomic mass is 10.1. The molecule has 0 heterocycles. The van der Waals surface area contributed by atoms with Crippen LogP contribution in [0, 0.1) is 12.7 Å². The Morgan fingerprint density at radius 1 is 1.08 bits per heavy atom. The van der Waals surface area contributed by atoms with E-state index in [0.29, 0.717) is 5.75 Å². The number of carbonyl (C=O) groups is 2. The summed E-state index contributed by atoms with van der Waals surface area (Å²) in [6.07, 6.45) is -0.287. The Morgan fingerprint density at radius 2 is 1.79 bits per heavy atom. The number of hydrogen-bond acceptors (Lipinski definition) is 3. The molecular formula is C17H16ClFN2O3. The molecule has 2 N–H and O–H groups in total. The number of halogens is 2. The summed E-state index contributed by atoms with van der Waals surface area (Å²) in [7, 11) is 0. The Bertz CT molecular complexity index is 732. The lowest BCUT2D eigenvalue weighted by Gasteiger charge is -2.11. The van der Waals surface area contributed by atoms with Crippen LogP contribution >= 0.6 is 11.6 Å². The first kappa shape index (κ1) is 17.7. The quantitative estimate of drug-likeness (QED) is 0.814. The van der Waals surface area contributed by atoms with Gasteiger partial charge in [0.1, 0.15) is 11.6 Å². The molecule has 0 saturated heterocycles. The summed E-state index contributed by atoms with van der Waals surface area (Å²) >= 11 is 5.84. The van der Waals surface area contributed by atoms with Crippen LogP contribution in [0.15, 0.2) is 42.5 Å². The molecule has 2 aromatic carbocycles. The van der Waals surface area contributed by atoms with Crippen molar-refractivity contribution in [2.45, 2.75) is 13.3 Å². The van der Waals surface area contributed by atoms with E-state index >= 15 is 0 Å². The summed E-state index contributed by atoms with van der Waals surface area (Å²) in [5, 5.41) is 0.152. The van der Waals surface area contributed by atoms with Gasteiger partial charge >= 0.3 is 0 Å². The van der Waals surface area contributed by atoms with Gasteiger partial charge in [-0.25, -0.2) is 4.39 Å². The van der Waals surface area contributed by atoms with Crippen molar-refractivity contribution in [2.75, 3.05) is 6.61 Å². The minimum absolute atomic E-state index is 0.0714. The van der Waals surface area contributed by atoms with Gasteiger partial charge < -0.3 is 4.74 Å². The maximum absolute atomic E-state index is 13.6. The maximum atomic E-state index is 13.6. The zero-order valence-electron chi connectivity index (χ0n) is 12.9. The minimum Gasteiger partial charge on any atom is -0.483 e. The van der Waals surface area contributed by atoms with Gasteiger partial charge in [0.05, 0.1) is 6.42 Å². The van der Waals surface area contributed by atoms with Crippen LogP contribution in [0.3, 0.4) is 0 Å². The van der Waals surface area contributed by atoms with Crippen molar-refractivity contribution in [3.05, 3.63) is 64.4 Å². The predicted octanol–water partition coefficient (Wildman–Crippen LogP) is 2.56. The monoisotopic (exact) mass is 350 g/mol. The normalized spacial score (nSPS) is 10.1. The highest BCUT2D eigenvalue weighted by atomic mass is 35.5. The molecule has 0 aliphatic rings. The molecule has 0 fully saturated rings. The minimum atomic E-state index is -0.591. The van der Waals surface area contributed by atoms with E-state index in [1.165, 1.54) is 18.2 Å². The molecule has 0 aliphatic carbocycles. The summed E-state index contributed by atoms with van der Waals surface area (Å²) in [6, 6.07) is 11.4. The summed E-state index contributed by atoms with van der Waals surface area (Å²) < 4.78 is 18.9. The highest BCUT2D eigenvalue weighted by Gasteiger charge is 2.12. The molecule has 0 radical (unpaired) electrons. The van der Waals surface area contributed by atoms with Crippen LogP contribution < -0.4 is 15.6 Å².